The number of nitrogens with one attached hydrogen (secondary N) is 3. The van der Waals surface area contributed by atoms with E-state index in [0.717, 1.165) is 37.7 Å². The molecule has 1 amide bonds. The van der Waals surface area contributed by atoms with Gasteiger partial charge in [-0.25, -0.2) is 0 Å². The Balaban J connectivity index is 1.67. The van der Waals surface area contributed by atoms with E-state index in [-0.39, 0.29) is 11.9 Å². The molecular weight excluding hydrogens is 304 g/mol. The maximum atomic E-state index is 11.6. The summed E-state index contributed by atoms with van der Waals surface area (Å²) in [5.74, 6) is 1.79. The van der Waals surface area contributed by atoms with Gasteiger partial charge < -0.3 is 20.7 Å². The Morgan fingerprint density at radius 3 is 2.83 bits per heavy atom. The third-order valence-corrected chi connectivity index (χ3v) is 3.78. The lowest BCUT2D eigenvalue weighted by atomic mass is 10.1. The fourth-order valence-electron chi connectivity index (χ4n) is 2.63. The van der Waals surface area contributed by atoms with Gasteiger partial charge in [-0.3, -0.25) is 9.79 Å². The molecule has 3 N–H and O–H groups in total. The molecule has 6 heteroatoms. The number of rotatable bonds is 7. The zero-order valence-corrected chi connectivity index (χ0v) is 14.8. The second-order valence-corrected chi connectivity index (χ2v) is 6.19. The molecule has 24 heavy (non-hydrogen) atoms. The van der Waals surface area contributed by atoms with Gasteiger partial charge >= 0.3 is 0 Å². The van der Waals surface area contributed by atoms with Crippen LogP contribution in [0.15, 0.2) is 23.2 Å². The molecule has 0 aromatic heterocycles. The normalized spacial score (nSPS) is 13.4. The smallest absolute Gasteiger partial charge is 0.221 e. The Bertz CT molecular complexity index is 584. The lowest BCUT2D eigenvalue weighted by Crippen LogP contribution is -2.40. The van der Waals surface area contributed by atoms with Gasteiger partial charge in [-0.05, 0) is 37.5 Å². The van der Waals surface area contributed by atoms with Gasteiger partial charge in [-0.1, -0.05) is 12.1 Å². The average molecular weight is 332 g/mol. The van der Waals surface area contributed by atoms with E-state index in [9.17, 15) is 4.79 Å². The second-order valence-electron chi connectivity index (χ2n) is 6.19. The Kier molecular flexibility index (Phi) is 6.90. The fraction of sp³-hybridized carbons (Fsp3) is 0.556. The van der Waals surface area contributed by atoms with Gasteiger partial charge in [-0.2, -0.15) is 0 Å². The van der Waals surface area contributed by atoms with Crippen molar-refractivity contribution in [2.24, 2.45) is 4.99 Å². The van der Waals surface area contributed by atoms with Crippen molar-refractivity contribution in [3.8, 4) is 5.75 Å². The molecule has 2 rings (SSSR count). The van der Waals surface area contributed by atoms with Crippen LogP contribution in [0.25, 0.3) is 0 Å². The van der Waals surface area contributed by atoms with Crippen molar-refractivity contribution < 1.29 is 9.53 Å². The van der Waals surface area contributed by atoms with E-state index in [1.54, 1.807) is 7.05 Å². The van der Waals surface area contributed by atoms with E-state index in [2.05, 4.69) is 39.1 Å². The van der Waals surface area contributed by atoms with E-state index in [4.69, 9.17) is 4.74 Å². The highest BCUT2D eigenvalue weighted by atomic mass is 16.5. The molecule has 1 aliphatic rings. The molecule has 1 aromatic carbocycles. The molecule has 0 saturated heterocycles. The maximum absolute atomic E-state index is 11.6. The number of fused-ring (bicyclic) bond motifs is 1. The molecule has 0 aliphatic carbocycles. The third-order valence-electron chi connectivity index (χ3n) is 3.78. The van der Waals surface area contributed by atoms with E-state index in [1.165, 1.54) is 11.1 Å². The van der Waals surface area contributed by atoms with Crippen LogP contribution in [-0.2, 0) is 17.6 Å². The third kappa shape index (κ3) is 5.76. The number of ether oxygens (including phenoxy) is 1. The summed E-state index contributed by atoms with van der Waals surface area (Å²) < 4.78 is 5.52. The molecule has 6 nitrogen and oxygen atoms in total. The molecule has 0 bridgehead atoms. The van der Waals surface area contributed by atoms with E-state index in [0.29, 0.717) is 13.0 Å². The molecule has 1 heterocycles. The quantitative estimate of drug-likeness (QED) is 0.519. The van der Waals surface area contributed by atoms with Crippen LogP contribution in [0.1, 0.15) is 31.4 Å². The lowest BCUT2D eigenvalue weighted by molar-refractivity contribution is -0.121. The van der Waals surface area contributed by atoms with Crippen LogP contribution in [0.4, 0.5) is 0 Å². The van der Waals surface area contributed by atoms with Crippen LogP contribution in [0.3, 0.4) is 0 Å². The Morgan fingerprint density at radius 2 is 2.08 bits per heavy atom. The van der Waals surface area contributed by atoms with Crippen LogP contribution in [0, 0.1) is 0 Å². The van der Waals surface area contributed by atoms with Crippen molar-refractivity contribution in [3.63, 3.8) is 0 Å². The molecule has 0 spiro atoms. The first-order chi connectivity index (χ1) is 11.6. The minimum atomic E-state index is 0.0494. The van der Waals surface area contributed by atoms with E-state index < -0.39 is 0 Å². The molecule has 0 saturated carbocycles. The number of aliphatic imine (C=N–C) groups is 1. The van der Waals surface area contributed by atoms with Gasteiger partial charge in [-0.15, -0.1) is 0 Å². The van der Waals surface area contributed by atoms with Gasteiger partial charge in [0.25, 0.3) is 0 Å². The van der Waals surface area contributed by atoms with Crippen molar-refractivity contribution in [1.82, 2.24) is 16.0 Å². The molecule has 1 aliphatic heterocycles. The van der Waals surface area contributed by atoms with Crippen molar-refractivity contribution in [2.45, 2.75) is 39.2 Å². The highest BCUT2D eigenvalue weighted by Gasteiger charge is 2.11. The minimum Gasteiger partial charge on any atom is -0.493 e. The van der Waals surface area contributed by atoms with Crippen LogP contribution in [0.5, 0.6) is 5.75 Å². The number of benzene rings is 1. The SMILES string of the molecule is CN=C(NCCC(=O)NC(C)C)NCCc1ccc2c(c1)CCO2. The summed E-state index contributed by atoms with van der Waals surface area (Å²) >= 11 is 0. The van der Waals surface area contributed by atoms with Gasteiger partial charge in [0.15, 0.2) is 5.96 Å². The monoisotopic (exact) mass is 332 g/mol. The van der Waals surface area contributed by atoms with Crippen LogP contribution >= 0.6 is 0 Å². The summed E-state index contributed by atoms with van der Waals surface area (Å²) in [4.78, 5) is 15.8. The molecule has 0 unspecified atom stereocenters. The summed E-state index contributed by atoms with van der Waals surface area (Å²) in [5, 5.41) is 9.31. The van der Waals surface area contributed by atoms with Crippen molar-refractivity contribution in [2.75, 3.05) is 26.7 Å². The molecule has 0 radical (unpaired) electrons. The summed E-state index contributed by atoms with van der Waals surface area (Å²) in [6.45, 7) is 6.05. The largest absolute Gasteiger partial charge is 0.493 e. The average Bonchev–Trinajstić information content (AvgIpc) is 3.00. The molecular formula is C18H28N4O2. The highest BCUT2D eigenvalue weighted by Crippen LogP contribution is 2.25. The summed E-state index contributed by atoms with van der Waals surface area (Å²) in [5.41, 5.74) is 2.59. The number of amides is 1. The van der Waals surface area contributed by atoms with Crippen LogP contribution < -0.4 is 20.7 Å². The minimum absolute atomic E-state index is 0.0494. The molecule has 0 fully saturated rings. The fourth-order valence-corrected chi connectivity index (χ4v) is 2.63. The molecule has 0 atom stereocenters. The number of carbonyl (C=O) groups excluding carboxylic acids is 1. The molecule has 132 valence electrons. The van der Waals surface area contributed by atoms with Gasteiger partial charge in [0.05, 0.1) is 6.61 Å². The number of hydrogen-bond acceptors (Lipinski definition) is 3. The summed E-state index contributed by atoms with van der Waals surface area (Å²) in [7, 11) is 1.73. The Labute approximate surface area is 144 Å². The lowest BCUT2D eigenvalue weighted by Gasteiger charge is -2.13. The van der Waals surface area contributed by atoms with Gasteiger partial charge in [0, 0.05) is 39.0 Å². The first-order valence-corrected chi connectivity index (χ1v) is 8.57. The summed E-state index contributed by atoms with van der Waals surface area (Å²) in [6, 6.07) is 6.56. The zero-order chi connectivity index (χ0) is 17.4. The highest BCUT2D eigenvalue weighted by molar-refractivity contribution is 5.81. The van der Waals surface area contributed by atoms with Gasteiger partial charge in [0.2, 0.25) is 5.91 Å². The first-order valence-electron chi connectivity index (χ1n) is 8.57. The molecule has 1 aromatic rings. The van der Waals surface area contributed by atoms with E-state index in [1.807, 2.05) is 13.8 Å². The van der Waals surface area contributed by atoms with E-state index >= 15 is 0 Å². The Morgan fingerprint density at radius 1 is 1.29 bits per heavy atom. The maximum Gasteiger partial charge on any atom is 0.221 e. The predicted octanol–water partition coefficient (Wildman–Crippen LogP) is 1.24. The van der Waals surface area contributed by atoms with Crippen molar-refractivity contribution in [1.29, 1.82) is 0 Å². The van der Waals surface area contributed by atoms with Gasteiger partial charge in [0.1, 0.15) is 5.75 Å². The van der Waals surface area contributed by atoms with Crippen LogP contribution in [-0.4, -0.2) is 44.7 Å². The standard InChI is InChI=1S/C18H28N4O2/c1-13(2)22-17(23)7-10-21-18(19-3)20-9-6-14-4-5-16-15(12-14)8-11-24-16/h4-5,12-13H,6-11H2,1-3H3,(H,22,23)(H2,19,20,21). The topological polar surface area (TPSA) is 74.8 Å². The van der Waals surface area contributed by atoms with Crippen molar-refractivity contribution in [3.05, 3.63) is 29.3 Å². The first kappa shape index (κ1) is 18.1. The van der Waals surface area contributed by atoms with Crippen molar-refractivity contribution >= 4 is 11.9 Å². The predicted molar refractivity (Wildman–Crippen MR) is 96.6 cm³/mol. The number of carbonyl (C=O) groups is 1. The second kappa shape index (κ2) is 9.15. The number of nitrogens with zero attached hydrogens (tertiary/aromatic N) is 1. The number of hydrogen-bond donors (Lipinski definition) is 3. The summed E-state index contributed by atoms with van der Waals surface area (Å²) in [6.07, 6.45) is 2.35. The number of guanidine groups is 1. The van der Waals surface area contributed by atoms with Crippen LogP contribution in [0.2, 0.25) is 0 Å². The zero-order valence-electron chi connectivity index (χ0n) is 14.8. The Hall–Kier alpha value is -2.24.